The molecule has 4 aliphatic rings. The first-order valence-corrected chi connectivity index (χ1v) is 16.2. The summed E-state index contributed by atoms with van der Waals surface area (Å²) in [6.45, 7) is 10.3. The molecule has 2 saturated carbocycles. The second-order valence-electron chi connectivity index (χ2n) is 11.0. The zero-order chi connectivity index (χ0) is 26.8. The first-order chi connectivity index (χ1) is 18.4. The van der Waals surface area contributed by atoms with Crippen molar-refractivity contribution in [2.24, 2.45) is 11.8 Å². The largest absolute Gasteiger partial charge is 0.333 e. The standard InChI is InChI=1S/2C15H18ClNOS/c2*1-2-15(18)17-8-12(10-5-3-4-6-10)11-7-14(16)19-13(11)9-17/h2*2,7,10,12H,1,3-6,8-9H2/t2*12-/m10/s1. The minimum Gasteiger partial charge on any atom is -0.333 e. The van der Waals surface area contributed by atoms with Crippen molar-refractivity contribution in [3.63, 3.8) is 0 Å². The Morgan fingerprint density at radius 1 is 0.737 bits per heavy atom. The lowest BCUT2D eigenvalue weighted by Crippen LogP contribution is -2.38. The van der Waals surface area contributed by atoms with Crippen LogP contribution in [0.2, 0.25) is 8.67 Å². The van der Waals surface area contributed by atoms with E-state index in [1.807, 2.05) is 9.80 Å². The molecule has 0 N–H and O–H groups in total. The molecule has 4 heterocycles. The van der Waals surface area contributed by atoms with Crippen LogP contribution in [-0.4, -0.2) is 34.7 Å². The molecule has 6 rings (SSSR count). The van der Waals surface area contributed by atoms with Crippen LogP contribution in [0.5, 0.6) is 0 Å². The lowest BCUT2D eigenvalue weighted by atomic mass is 9.82. The number of rotatable bonds is 4. The van der Waals surface area contributed by atoms with Crippen molar-refractivity contribution >= 4 is 57.7 Å². The molecule has 2 aromatic rings. The van der Waals surface area contributed by atoms with Crippen LogP contribution in [-0.2, 0) is 22.7 Å². The van der Waals surface area contributed by atoms with Gasteiger partial charge in [-0.15, -0.1) is 22.7 Å². The highest BCUT2D eigenvalue weighted by Crippen LogP contribution is 2.46. The van der Waals surface area contributed by atoms with E-state index < -0.39 is 0 Å². The van der Waals surface area contributed by atoms with E-state index in [2.05, 4.69) is 25.3 Å². The Bertz CT molecular complexity index is 1100. The van der Waals surface area contributed by atoms with E-state index in [1.54, 1.807) is 22.7 Å². The summed E-state index contributed by atoms with van der Waals surface area (Å²) in [6, 6.07) is 4.25. The maximum atomic E-state index is 11.9. The Balaban J connectivity index is 0.000000155. The van der Waals surface area contributed by atoms with Gasteiger partial charge in [-0.25, -0.2) is 0 Å². The van der Waals surface area contributed by atoms with Crippen molar-refractivity contribution in [1.29, 1.82) is 0 Å². The lowest BCUT2D eigenvalue weighted by molar-refractivity contribution is -0.128. The topological polar surface area (TPSA) is 40.6 Å². The predicted molar refractivity (Wildman–Crippen MR) is 159 cm³/mol. The summed E-state index contributed by atoms with van der Waals surface area (Å²) in [5, 5.41) is 0. The van der Waals surface area contributed by atoms with Crippen molar-refractivity contribution in [2.45, 2.75) is 76.3 Å². The number of hydrogen-bond donors (Lipinski definition) is 0. The maximum Gasteiger partial charge on any atom is 0.246 e. The van der Waals surface area contributed by atoms with Crippen molar-refractivity contribution < 1.29 is 9.59 Å². The first kappa shape index (κ1) is 27.9. The molecule has 0 saturated heterocycles. The minimum absolute atomic E-state index is 0.0400. The quantitative estimate of drug-likeness (QED) is 0.335. The van der Waals surface area contributed by atoms with Gasteiger partial charge in [0.1, 0.15) is 0 Å². The zero-order valence-electron chi connectivity index (χ0n) is 21.8. The monoisotopic (exact) mass is 590 g/mol. The zero-order valence-corrected chi connectivity index (χ0v) is 24.9. The van der Waals surface area contributed by atoms with Crippen LogP contribution in [0, 0.1) is 11.8 Å². The van der Waals surface area contributed by atoms with E-state index in [9.17, 15) is 9.59 Å². The Morgan fingerprint density at radius 2 is 1.11 bits per heavy atom. The number of hydrogen-bond acceptors (Lipinski definition) is 4. The van der Waals surface area contributed by atoms with Crippen LogP contribution in [0.4, 0.5) is 0 Å². The summed E-state index contributed by atoms with van der Waals surface area (Å²) >= 11 is 15.6. The first-order valence-electron chi connectivity index (χ1n) is 13.8. The summed E-state index contributed by atoms with van der Waals surface area (Å²) in [5.74, 6) is 2.45. The van der Waals surface area contributed by atoms with Gasteiger partial charge in [0, 0.05) is 34.7 Å². The third-order valence-electron chi connectivity index (χ3n) is 8.84. The molecular formula is C30H36Cl2N2O2S2. The van der Waals surface area contributed by atoms with Gasteiger partial charge < -0.3 is 9.80 Å². The van der Waals surface area contributed by atoms with E-state index in [0.29, 0.717) is 36.8 Å². The van der Waals surface area contributed by atoms with Crippen molar-refractivity contribution in [2.75, 3.05) is 13.1 Å². The Morgan fingerprint density at radius 3 is 1.45 bits per heavy atom. The smallest absolute Gasteiger partial charge is 0.246 e. The molecule has 2 aliphatic carbocycles. The van der Waals surface area contributed by atoms with Gasteiger partial charge in [-0.2, -0.15) is 0 Å². The van der Waals surface area contributed by atoms with Gasteiger partial charge in [0.2, 0.25) is 11.8 Å². The normalized spacial score (nSPS) is 23.4. The molecule has 0 spiro atoms. The molecule has 2 atom stereocenters. The van der Waals surface area contributed by atoms with Crippen LogP contribution in [0.3, 0.4) is 0 Å². The minimum atomic E-state index is 0.0400. The lowest BCUT2D eigenvalue weighted by Gasteiger charge is -2.35. The van der Waals surface area contributed by atoms with E-state index in [4.69, 9.17) is 23.2 Å². The second kappa shape index (κ2) is 12.3. The Kier molecular flexibility index (Phi) is 9.03. The molecule has 8 heteroatoms. The molecule has 2 fully saturated rings. The average Bonchev–Trinajstić information content (AvgIpc) is 3.72. The van der Waals surface area contributed by atoms with Crippen LogP contribution in [0.15, 0.2) is 37.4 Å². The van der Waals surface area contributed by atoms with Crippen LogP contribution in [0.1, 0.15) is 84.1 Å². The molecule has 4 nitrogen and oxygen atoms in total. The predicted octanol–water partition coefficient (Wildman–Crippen LogP) is 8.41. The number of fused-ring (bicyclic) bond motifs is 2. The number of thiophene rings is 2. The number of nitrogens with zero attached hydrogens (tertiary/aromatic N) is 2. The molecular weight excluding hydrogens is 555 g/mol. The number of carbonyl (C=O) groups excluding carboxylic acids is 2. The third-order valence-corrected chi connectivity index (χ3v) is 11.4. The van der Waals surface area contributed by atoms with Crippen molar-refractivity contribution in [3.8, 4) is 0 Å². The molecule has 2 aromatic heterocycles. The molecule has 38 heavy (non-hydrogen) atoms. The van der Waals surface area contributed by atoms with Crippen LogP contribution >= 0.6 is 45.9 Å². The van der Waals surface area contributed by atoms with E-state index in [0.717, 1.165) is 21.8 Å². The second-order valence-corrected chi connectivity index (χ2v) is 14.5. The van der Waals surface area contributed by atoms with Gasteiger partial charge in [0.05, 0.1) is 21.8 Å². The molecule has 0 unspecified atom stereocenters. The fraction of sp³-hybridized carbons (Fsp3) is 0.533. The number of halogens is 2. The summed E-state index contributed by atoms with van der Waals surface area (Å²) in [7, 11) is 0. The Hall–Kier alpha value is -1.60. The molecule has 0 bridgehead atoms. The highest BCUT2D eigenvalue weighted by Gasteiger charge is 2.36. The molecule has 204 valence electrons. The van der Waals surface area contributed by atoms with Gasteiger partial charge in [-0.3, -0.25) is 9.59 Å². The van der Waals surface area contributed by atoms with Gasteiger partial charge in [-0.1, -0.05) is 62.0 Å². The summed E-state index contributed by atoms with van der Waals surface area (Å²) in [4.78, 5) is 30.2. The summed E-state index contributed by atoms with van der Waals surface area (Å²) in [6.07, 6.45) is 13.3. The van der Waals surface area contributed by atoms with E-state index >= 15 is 0 Å². The van der Waals surface area contributed by atoms with E-state index in [-0.39, 0.29) is 11.8 Å². The highest BCUT2D eigenvalue weighted by molar-refractivity contribution is 7.16. The fourth-order valence-electron chi connectivity index (χ4n) is 6.96. The highest BCUT2D eigenvalue weighted by atomic mass is 35.5. The SMILES string of the molecule is C=CC(=O)N1Cc2sc(Cl)cc2[C@@H](C2CCCC2)C1.C=CC(=O)N1Cc2sc(Cl)cc2[C@H](C2CCCC2)C1. The molecule has 2 amide bonds. The number of carbonyl (C=O) groups is 2. The fourth-order valence-corrected chi connectivity index (χ4v) is 9.69. The van der Waals surface area contributed by atoms with Crippen molar-refractivity contribution in [1.82, 2.24) is 9.80 Å². The van der Waals surface area contributed by atoms with E-state index in [1.165, 1.54) is 84.4 Å². The van der Waals surface area contributed by atoms with Crippen LogP contribution in [0.25, 0.3) is 0 Å². The van der Waals surface area contributed by atoms with Gasteiger partial charge in [0.15, 0.2) is 0 Å². The molecule has 0 radical (unpaired) electrons. The summed E-state index contributed by atoms with van der Waals surface area (Å²) < 4.78 is 1.70. The van der Waals surface area contributed by atoms with Crippen LogP contribution < -0.4 is 0 Å². The third kappa shape index (κ3) is 5.94. The summed E-state index contributed by atoms with van der Waals surface area (Å²) in [5.41, 5.74) is 2.80. The Labute approximate surface area is 244 Å². The molecule has 0 aromatic carbocycles. The average molecular weight is 592 g/mol. The van der Waals surface area contributed by atoms with Crippen molar-refractivity contribution in [3.05, 3.63) is 67.0 Å². The van der Waals surface area contributed by atoms with Gasteiger partial charge in [0.25, 0.3) is 0 Å². The van der Waals surface area contributed by atoms with Gasteiger partial charge in [-0.05, 0) is 72.9 Å². The number of amides is 2. The maximum absolute atomic E-state index is 11.9. The van der Waals surface area contributed by atoms with Gasteiger partial charge >= 0.3 is 0 Å². The molecule has 2 aliphatic heterocycles.